The Balaban J connectivity index is 2.33. The van der Waals surface area contributed by atoms with Crippen LogP contribution in [0, 0.1) is 0 Å². The maximum atomic E-state index is 10.7. The Bertz CT molecular complexity index is 398. The molecule has 0 aromatic heterocycles. The summed E-state index contributed by atoms with van der Waals surface area (Å²) in [6, 6.07) is 7.53. The van der Waals surface area contributed by atoms with E-state index in [1.165, 1.54) is 0 Å². The summed E-state index contributed by atoms with van der Waals surface area (Å²) < 4.78 is 5.59. The molecule has 0 bridgehead atoms. The van der Waals surface area contributed by atoms with Gasteiger partial charge >= 0.3 is 5.97 Å². The van der Waals surface area contributed by atoms with Gasteiger partial charge in [0, 0.05) is 11.5 Å². The van der Waals surface area contributed by atoms with Gasteiger partial charge in [0.2, 0.25) is 0 Å². The maximum absolute atomic E-state index is 10.7. The van der Waals surface area contributed by atoms with Crippen molar-refractivity contribution in [3.05, 3.63) is 42.5 Å². The summed E-state index contributed by atoms with van der Waals surface area (Å²) in [6.07, 6.45) is 1.51. The number of aliphatic carboxylic acids is 1. The van der Waals surface area contributed by atoms with Crippen LogP contribution in [0.5, 0.6) is 5.75 Å². The third-order valence-corrected chi connectivity index (χ3v) is 2.60. The monoisotopic (exact) mass is 204 g/mol. The lowest BCUT2D eigenvalue weighted by Crippen LogP contribution is -2.18. The molecule has 1 aromatic rings. The van der Waals surface area contributed by atoms with Gasteiger partial charge in [-0.15, -0.1) is 0 Å². The number of ether oxygens (including phenoxy) is 1. The van der Waals surface area contributed by atoms with Crippen LogP contribution >= 0.6 is 0 Å². The van der Waals surface area contributed by atoms with Gasteiger partial charge < -0.3 is 9.84 Å². The molecule has 3 nitrogen and oxygen atoms in total. The second-order valence-corrected chi connectivity index (χ2v) is 3.56. The molecule has 0 saturated heterocycles. The molecule has 0 fully saturated rings. The summed E-state index contributed by atoms with van der Waals surface area (Å²) in [5.41, 5.74) is 0.963. The molecule has 0 saturated carbocycles. The highest BCUT2D eigenvalue weighted by atomic mass is 16.5. The summed E-state index contributed by atoms with van der Waals surface area (Å²) in [6.45, 7) is 3.67. The van der Waals surface area contributed by atoms with Crippen LogP contribution in [0.25, 0.3) is 0 Å². The van der Waals surface area contributed by atoms with E-state index in [1.807, 2.05) is 24.3 Å². The minimum atomic E-state index is -0.813. The van der Waals surface area contributed by atoms with E-state index in [2.05, 4.69) is 6.58 Å². The SMILES string of the molecule is C=C[C@H]1Oc2ccccc2[C@@H]1CC(=O)O. The van der Waals surface area contributed by atoms with Gasteiger partial charge in [-0.2, -0.15) is 0 Å². The Hall–Kier alpha value is -1.77. The molecular weight excluding hydrogens is 192 g/mol. The average molecular weight is 204 g/mol. The molecule has 1 aliphatic heterocycles. The van der Waals surface area contributed by atoms with Gasteiger partial charge in [0.05, 0.1) is 6.42 Å². The number of para-hydroxylation sites is 1. The van der Waals surface area contributed by atoms with Gasteiger partial charge in [0.1, 0.15) is 11.9 Å². The molecule has 1 N–H and O–H groups in total. The first-order chi connectivity index (χ1) is 7.22. The lowest BCUT2D eigenvalue weighted by Gasteiger charge is -2.12. The largest absolute Gasteiger partial charge is 0.485 e. The first kappa shape index (κ1) is 9.77. The average Bonchev–Trinajstić information content (AvgIpc) is 2.56. The van der Waals surface area contributed by atoms with Crippen molar-refractivity contribution in [2.24, 2.45) is 0 Å². The normalized spacial score (nSPS) is 22.9. The zero-order valence-electron chi connectivity index (χ0n) is 8.22. The van der Waals surface area contributed by atoms with Crippen molar-refractivity contribution in [3.8, 4) is 5.75 Å². The quantitative estimate of drug-likeness (QED) is 0.768. The van der Waals surface area contributed by atoms with Crippen molar-refractivity contribution in [1.29, 1.82) is 0 Å². The van der Waals surface area contributed by atoms with Crippen molar-refractivity contribution >= 4 is 5.97 Å². The van der Waals surface area contributed by atoms with Crippen molar-refractivity contribution in [1.82, 2.24) is 0 Å². The Labute approximate surface area is 88.0 Å². The predicted molar refractivity (Wildman–Crippen MR) is 56.0 cm³/mol. The molecule has 0 aliphatic carbocycles. The fourth-order valence-corrected chi connectivity index (χ4v) is 1.93. The topological polar surface area (TPSA) is 46.5 Å². The predicted octanol–water partition coefficient (Wildman–Crippen LogP) is 2.19. The molecule has 3 heteroatoms. The number of carboxylic acids is 1. The van der Waals surface area contributed by atoms with Crippen LogP contribution in [0.2, 0.25) is 0 Å². The van der Waals surface area contributed by atoms with Gasteiger partial charge in [-0.3, -0.25) is 4.79 Å². The van der Waals surface area contributed by atoms with Crippen LogP contribution in [0.4, 0.5) is 0 Å². The molecule has 1 aliphatic rings. The molecular formula is C12H12O3. The molecule has 2 atom stereocenters. The second kappa shape index (κ2) is 3.77. The third kappa shape index (κ3) is 1.73. The minimum Gasteiger partial charge on any atom is -0.485 e. The Morgan fingerprint density at radius 2 is 2.27 bits per heavy atom. The van der Waals surface area contributed by atoms with Gasteiger partial charge in [-0.1, -0.05) is 30.9 Å². The Morgan fingerprint density at radius 3 is 2.93 bits per heavy atom. The summed E-state index contributed by atoms with van der Waals surface area (Å²) in [5.74, 6) is -0.156. The summed E-state index contributed by atoms with van der Waals surface area (Å²) in [5, 5.41) is 8.82. The maximum Gasteiger partial charge on any atom is 0.304 e. The van der Waals surface area contributed by atoms with Gasteiger partial charge in [0.25, 0.3) is 0 Å². The first-order valence-corrected chi connectivity index (χ1v) is 4.82. The molecule has 15 heavy (non-hydrogen) atoms. The second-order valence-electron chi connectivity index (χ2n) is 3.56. The summed E-state index contributed by atoms with van der Waals surface area (Å²) in [7, 11) is 0. The van der Waals surface area contributed by atoms with Crippen molar-refractivity contribution in [2.45, 2.75) is 18.4 Å². The number of benzene rings is 1. The van der Waals surface area contributed by atoms with E-state index in [0.717, 1.165) is 11.3 Å². The third-order valence-electron chi connectivity index (χ3n) is 2.60. The Morgan fingerprint density at radius 1 is 1.53 bits per heavy atom. The van der Waals surface area contributed by atoms with Crippen LogP contribution < -0.4 is 4.74 Å². The number of carbonyl (C=O) groups is 1. The standard InChI is InChI=1S/C12H12O3/c1-2-10-9(7-12(13)14)8-5-3-4-6-11(8)15-10/h2-6,9-10H,1,7H2,(H,13,14)/t9-,10+/m0/s1. The van der Waals surface area contributed by atoms with Crippen molar-refractivity contribution < 1.29 is 14.6 Å². The fourth-order valence-electron chi connectivity index (χ4n) is 1.93. The van der Waals surface area contributed by atoms with E-state index in [0.29, 0.717) is 0 Å². The zero-order valence-corrected chi connectivity index (χ0v) is 8.22. The van der Waals surface area contributed by atoms with Crippen LogP contribution in [-0.2, 0) is 4.79 Å². The smallest absolute Gasteiger partial charge is 0.304 e. The molecule has 1 aromatic carbocycles. The van der Waals surface area contributed by atoms with E-state index in [9.17, 15) is 4.79 Å². The highest BCUT2D eigenvalue weighted by molar-refractivity contribution is 5.69. The van der Waals surface area contributed by atoms with Gasteiger partial charge in [-0.05, 0) is 6.07 Å². The van der Waals surface area contributed by atoms with E-state index >= 15 is 0 Å². The van der Waals surface area contributed by atoms with E-state index in [1.54, 1.807) is 6.08 Å². The molecule has 0 unspecified atom stereocenters. The summed E-state index contributed by atoms with van der Waals surface area (Å²) in [4.78, 5) is 10.7. The number of hydrogen-bond donors (Lipinski definition) is 1. The van der Waals surface area contributed by atoms with Crippen molar-refractivity contribution in [3.63, 3.8) is 0 Å². The van der Waals surface area contributed by atoms with Crippen LogP contribution in [-0.4, -0.2) is 17.2 Å². The number of rotatable bonds is 3. The molecule has 2 rings (SSSR count). The van der Waals surface area contributed by atoms with E-state index < -0.39 is 5.97 Å². The number of fused-ring (bicyclic) bond motifs is 1. The molecule has 78 valence electrons. The van der Waals surface area contributed by atoms with Gasteiger partial charge in [-0.25, -0.2) is 0 Å². The fraction of sp³-hybridized carbons (Fsp3) is 0.250. The van der Waals surface area contributed by atoms with Crippen LogP contribution in [0.1, 0.15) is 17.9 Å². The summed E-state index contributed by atoms with van der Waals surface area (Å²) >= 11 is 0. The zero-order chi connectivity index (χ0) is 10.8. The molecule has 0 radical (unpaired) electrons. The van der Waals surface area contributed by atoms with Gasteiger partial charge in [0.15, 0.2) is 0 Å². The highest BCUT2D eigenvalue weighted by Crippen LogP contribution is 2.40. The number of hydrogen-bond acceptors (Lipinski definition) is 2. The lowest BCUT2D eigenvalue weighted by molar-refractivity contribution is -0.137. The number of carboxylic acid groups (broad SMARTS) is 1. The van der Waals surface area contributed by atoms with E-state index in [-0.39, 0.29) is 18.4 Å². The molecule has 0 spiro atoms. The van der Waals surface area contributed by atoms with Crippen LogP contribution in [0.3, 0.4) is 0 Å². The van der Waals surface area contributed by atoms with Crippen molar-refractivity contribution in [2.75, 3.05) is 0 Å². The lowest BCUT2D eigenvalue weighted by atomic mass is 9.92. The van der Waals surface area contributed by atoms with E-state index in [4.69, 9.17) is 9.84 Å². The van der Waals surface area contributed by atoms with Crippen LogP contribution in [0.15, 0.2) is 36.9 Å². The Kier molecular flexibility index (Phi) is 2.46. The molecule has 1 heterocycles. The first-order valence-electron chi connectivity index (χ1n) is 4.82. The molecule has 0 amide bonds. The highest BCUT2D eigenvalue weighted by Gasteiger charge is 2.33. The minimum absolute atomic E-state index is 0.0771.